The molecule has 1 saturated heterocycles. The molecular weight excluding hydrogens is 236 g/mol. The third kappa shape index (κ3) is 3.05. The number of likely N-dealkylation sites (N-methyl/N-ethyl adjacent to an activating group) is 1. The van der Waals surface area contributed by atoms with Crippen LogP contribution in [-0.4, -0.2) is 30.7 Å². The Bertz CT molecular complexity index is 484. The van der Waals surface area contributed by atoms with Crippen molar-refractivity contribution in [3.8, 4) is 6.07 Å². The Balaban J connectivity index is 2.29. The predicted octanol–water partition coefficient (Wildman–Crippen LogP) is 2.15. The number of pyridine rings is 1. The lowest BCUT2D eigenvalue weighted by Crippen LogP contribution is -2.38. The van der Waals surface area contributed by atoms with Gasteiger partial charge in [-0.05, 0) is 51.8 Å². The van der Waals surface area contributed by atoms with Gasteiger partial charge in [0.15, 0.2) is 0 Å². The van der Waals surface area contributed by atoms with Crippen LogP contribution in [0.1, 0.15) is 36.6 Å². The number of aromatic nitrogens is 1. The van der Waals surface area contributed by atoms with Crippen molar-refractivity contribution < 1.29 is 0 Å². The highest BCUT2D eigenvalue weighted by atomic mass is 15.2. The molecule has 2 heterocycles. The first-order valence-corrected chi connectivity index (χ1v) is 7.02. The summed E-state index contributed by atoms with van der Waals surface area (Å²) < 4.78 is 0. The summed E-state index contributed by atoms with van der Waals surface area (Å²) >= 11 is 0. The SMILES string of the molecule is CCN(CC1CCCN1)c1nc(C)cc(C)c1C#N. The van der Waals surface area contributed by atoms with E-state index in [4.69, 9.17) is 0 Å². The van der Waals surface area contributed by atoms with E-state index in [1.54, 1.807) is 0 Å². The molecule has 19 heavy (non-hydrogen) atoms. The molecule has 0 aliphatic carbocycles. The summed E-state index contributed by atoms with van der Waals surface area (Å²) in [6.45, 7) is 9.00. The van der Waals surface area contributed by atoms with Gasteiger partial charge in [-0.3, -0.25) is 0 Å². The Hall–Kier alpha value is -1.60. The average Bonchev–Trinajstić information content (AvgIpc) is 2.88. The summed E-state index contributed by atoms with van der Waals surface area (Å²) in [4.78, 5) is 6.82. The molecular formula is C15H22N4. The Morgan fingerprint density at radius 2 is 2.32 bits per heavy atom. The van der Waals surface area contributed by atoms with Crippen molar-refractivity contribution in [2.45, 2.75) is 39.7 Å². The summed E-state index contributed by atoms with van der Waals surface area (Å²) in [6.07, 6.45) is 2.46. The van der Waals surface area contributed by atoms with Crippen LogP contribution in [-0.2, 0) is 0 Å². The van der Waals surface area contributed by atoms with Crippen molar-refractivity contribution in [1.29, 1.82) is 5.26 Å². The molecule has 2 rings (SSSR count). The fourth-order valence-corrected chi connectivity index (χ4v) is 2.73. The maximum absolute atomic E-state index is 9.36. The highest BCUT2D eigenvalue weighted by Crippen LogP contribution is 2.22. The fourth-order valence-electron chi connectivity index (χ4n) is 2.73. The van der Waals surface area contributed by atoms with Gasteiger partial charge in [0.2, 0.25) is 0 Å². The molecule has 0 aromatic carbocycles. The van der Waals surface area contributed by atoms with Crippen molar-refractivity contribution in [1.82, 2.24) is 10.3 Å². The van der Waals surface area contributed by atoms with Crippen LogP contribution in [0.5, 0.6) is 0 Å². The number of rotatable bonds is 4. The smallest absolute Gasteiger partial charge is 0.147 e. The average molecular weight is 258 g/mol. The van der Waals surface area contributed by atoms with Crippen molar-refractivity contribution in [2.24, 2.45) is 0 Å². The molecule has 0 radical (unpaired) electrons. The van der Waals surface area contributed by atoms with Gasteiger partial charge < -0.3 is 10.2 Å². The lowest BCUT2D eigenvalue weighted by molar-refractivity contribution is 0.583. The summed E-state index contributed by atoms with van der Waals surface area (Å²) in [5, 5.41) is 12.9. The Labute approximate surface area is 115 Å². The molecule has 4 nitrogen and oxygen atoms in total. The van der Waals surface area contributed by atoms with E-state index in [9.17, 15) is 5.26 Å². The van der Waals surface area contributed by atoms with E-state index in [-0.39, 0.29) is 0 Å². The number of hydrogen-bond acceptors (Lipinski definition) is 4. The van der Waals surface area contributed by atoms with Crippen molar-refractivity contribution in [2.75, 3.05) is 24.5 Å². The van der Waals surface area contributed by atoms with Gasteiger partial charge in [0.25, 0.3) is 0 Å². The van der Waals surface area contributed by atoms with Crippen molar-refractivity contribution >= 4 is 5.82 Å². The standard InChI is InChI=1S/C15H22N4/c1-4-19(10-13-6-5-7-17-13)15-14(9-16)11(2)8-12(3)18-15/h8,13,17H,4-7,10H2,1-3H3. The van der Waals surface area contributed by atoms with E-state index < -0.39 is 0 Å². The minimum Gasteiger partial charge on any atom is -0.354 e. The van der Waals surface area contributed by atoms with Crippen LogP contribution in [0.4, 0.5) is 5.82 Å². The maximum Gasteiger partial charge on any atom is 0.147 e. The molecule has 102 valence electrons. The van der Waals surface area contributed by atoms with Crippen LogP contribution < -0.4 is 10.2 Å². The van der Waals surface area contributed by atoms with E-state index in [0.29, 0.717) is 11.6 Å². The van der Waals surface area contributed by atoms with Gasteiger partial charge in [-0.2, -0.15) is 5.26 Å². The molecule has 4 heteroatoms. The summed E-state index contributed by atoms with van der Waals surface area (Å²) in [5.74, 6) is 0.844. The van der Waals surface area contributed by atoms with Gasteiger partial charge in [-0.25, -0.2) is 4.98 Å². The van der Waals surface area contributed by atoms with E-state index >= 15 is 0 Å². The first kappa shape index (κ1) is 13.8. The molecule has 1 aliphatic rings. The zero-order chi connectivity index (χ0) is 13.8. The second kappa shape index (κ2) is 6.03. The molecule has 0 saturated carbocycles. The van der Waals surface area contributed by atoms with Crippen LogP contribution in [0, 0.1) is 25.2 Å². The normalized spacial score (nSPS) is 18.3. The topological polar surface area (TPSA) is 52.0 Å². The second-order valence-electron chi connectivity index (χ2n) is 5.22. The molecule has 0 spiro atoms. The van der Waals surface area contributed by atoms with Gasteiger partial charge in [0, 0.05) is 24.8 Å². The highest BCUT2D eigenvalue weighted by Gasteiger charge is 2.20. The first-order valence-electron chi connectivity index (χ1n) is 7.02. The molecule has 1 N–H and O–H groups in total. The number of anilines is 1. The zero-order valence-corrected chi connectivity index (χ0v) is 12.0. The molecule has 1 atom stereocenters. The minimum atomic E-state index is 0.522. The quantitative estimate of drug-likeness (QED) is 0.899. The number of nitrogens with zero attached hydrogens (tertiary/aromatic N) is 3. The number of aryl methyl sites for hydroxylation is 2. The predicted molar refractivity (Wildman–Crippen MR) is 77.3 cm³/mol. The molecule has 0 amide bonds. The van der Waals surface area contributed by atoms with Crippen molar-refractivity contribution in [3.05, 3.63) is 22.9 Å². The van der Waals surface area contributed by atoms with Crippen LogP contribution in [0.2, 0.25) is 0 Å². The monoisotopic (exact) mass is 258 g/mol. The molecule has 1 unspecified atom stereocenters. The molecule has 1 aromatic rings. The zero-order valence-electron chi connectivity index (χ0n) is 12.0. The fraction of sp³-hybridized carbons (Fsp3) is 0.600. The third-order valence-electron chi connectivity index (χ3n) is 3.72. The summed E-state index contributed by atoms with van der Waals surface area (Å²) in [7, 11) is 0. The van der Waals surface area contributed by atoms with Crippen LogP contribution >= 0.6 is 0 Å². The van der Waals surface area contributed by atoms with E-state index in [0.717, 1.165) is 36.7 Å². The molecule has 1 aliphatic heterocycles. The number of nitriles is 1. The van der Waals surface area contributed by atoms with Gasteiger partial charge in [0.05, 0.1) is 5.56 Å². The Kier molecular flexibility index (Phi) is 4.39. The molecule has 1 aromatic heterocycles. The van der Waals surface area contributed by atoms with Gasteiger partial charge in [0.1, 0.15) is 11.9 Å². The Morgan fingerprint density at radius 1 is 1.53 bits per heavy atom. The number of nitrogens with one attached hydrogen (secondary N) is 1. The highest BCUT2D eigenvalue weighted by molar-refractivity contribution is 5.58. The molecule has 1 fully saturated rings. The van der Waals surface area contributed by atoms with Crippen molar-refractivity contribution in [3.63, 3.8) is 0 Å². The summed E-state index contributed by atoms with van der Waals surface area (Å²) in [6, 6.07) is 4.80. The summed E-state index contributed by atoms with van der Waals surface area (Å²) in [5.41, 5.74) is 2.71. The molecule has 0 bridgehead atoms. The van der Waals surface area contributed by atoms with E-state index in [1.807, 2.05) is 19.9 Å². The Morgan fingerprint density at radius 3 is 2.89 bits per heavy atom. The lowest BCUT2D eigenvalue weighted by Gasteiger charge is -2.27. The second-order valence-corrected chi connectivity index (χ2v) is 5.22. The van der Waals surface area contributed by atoms with Crippen LogP contribution in [0.3, 0.4) is 0 Å². The van der Waals surface area contributed by atoms with E-state index in [2.05, 4.69) is 28.2 Å². The largest absolute Gasteiger partial charge is 0.354 e. The van der Waals surface area contributed by atoms with Crippen LogP contribution in [0.25, 0.3) is 0 Å². The lowest BCUT2D eigenvalue weighted by atomic mass is 10.1. The van der Waals surface area contributed by atoms with Gasteiger partial charge in [-0.1, -0.05) is 0 Å². The maximum atomic E-state index is 9.36. The van der Waals surface area contributed by atoms with Crippen LogP contribution in [0.15, 0.2) is 6.07 Å². The van der Waals surface area contributed by atoms with Gasteiger partial charge >= 0.3 is 0 Å². The minimum absolute atomic E-state index is 0.522. The third-order valence-corrected chi connectivity index (χ3v) is 3.72. The van der Waals surface area contributed by atoms with Gasteiger partial charge in [-0.15, -0.1) is 0 Å². The van der Waals surface area contributed by atoms with E-state index in [1.165, 1.54) is 12.8 Å². The number of hydrogen-bond donors (Lipinski definition) is 1. The first-order chi connectivity index (χ1) is 9.15.